The second-order valence-corrected chi connectivity index (χ2v) is 16.7. The van der Waals surface area contributed by atoms with Crippen LogP contribution in [-0.2, 0) is 52.7 Å². The molecule has 10 amide bonds. The minimum Gasteiger partial charge on any atom is -0.480 e. The molecule has 0 aromatic heterocycles. The number of nitrogens with zero attached hydrogens (tertiary/aromatic N) is 1. The molecule has 1 aliphatic heterocycles. The van der Waals surface area contributed by atoms with Crippen molar-refractivity contribution in [1.29, 1.82) is 0 Å². The van der Waals surface area contributed by atoms with Crippen molar-refractivity contribution in [3.63, 3.8) is 0 Å². The van der Waals surface area contributed by atoms with E-state index in [2.05, 4.69) is 37.2 Å². The number of hydrogen-bond acceptors (Lipinski definition) is 12. The van der Waals surface area contributed by atoms with Gasteiger partial charge in [-0.2, -0.15) is 0 Å². The number of carboxylic acids is 1. The highest BCUT2D eigenvalue weighted by atomic mass is 16.4. The molecule has 1 aliphatic rings. The van der Waals surface area contributed by atoms with Crippen molar-refractivity contribution in [1.82, 2.24) is 42.1 Å². The molecule has 0 aromatic carbocycles. The van der Waals surface area contributed by atoms with Gasteiger partial charge in [-0.05, 0) is 63.7 Å². The average Bonchev–Trinajstić information content (AvgIpc) is 3.65. The van der Waals surface area contributed by atoms with Gasteiger partial charge < -0.3 is 64.4 Å². The molecule has 0 bridgehead atoms. The summed E-state index contributed by atoms with van der Waals surface area (Å²) in [6.45, 7) is 12.8. The molecular formula is C39H67N11O12. The van der Waals surface area contributed by atoms with Crippen molar-refractivity contribution in [3.8, 4) is 0 Å². The fraction of sp³-hybridized carbons (Fsp3) is 0.718. The molecule has 350 valence electrons. The smallest absolute Gasteiger partial charge is 0.322 e. The molecule has 1 fully saturated rings. The summed E-state index contributed by atoms with van der Waals surface area (Å²) < 4.78 is 0. The molecule has 23 heteroatoms. The number of likely N-dealkylation sites (tertiary alicyclic amines) is 1. The number of carboxylic acid groups (broad SMARTS) is 1. The monoisotopic (exact) mass is 881 g/mol. The normalized spacial score (nSPS) is 17.0. The number of hydrogen-bond donors (Lipinski definition) is 11. The van der Waals surface area contributed by atoms with Crippen molar-refractivity contribution in [2.24, 2.45) is 35.0 Å². The zero-order valence-electron chi connectivity index (χ0n) is 36.8. The van der Waals surface area contributed by atoms with E-state index in [0.29, 0.717) is 6.42 Å². The summed E-state index contributed by atoms with van der Waals surface area (Å²) in [6, 6.07) is -9.67. The summed E-state index contributed by atoms with van der Waals surface area (Å²) in [5.41, 5.74) is 16.1. The van der Waals surface area contributed by atoms with Crippen LogP contribution in [0.2, 0.25) is 0 Å². The Balaban J connectivity index is 3.14. The van der Waals surface area contributed by atoms with Gasteiger partial charge in [0.2, 0.25) is 59.1 Å². The predicted molar refractivity (Wildman–Crippen MR) is 222 cm³/mol. The van der Waals surface area contributed by atoms with E-state index in [9.17, 15) is 52.7 Å². The van der Waals surface area contributed by atoms with Crippen LogP contribution in [0.5, 0.6) is 0 Å². The van der Waals surface area contributed by atoms with Crippen molar-refractivity contribution >= 4 is 65.0 Å². The fourth-order valence-corrected chi connectivity index (χ4v) is 6.46. The van der Waals surface area contributed by atoms with E-state index >= 15 is 0 Å². The molecule has 1 saturated heterocycles. The third kappa shape index (κ3) is 18.8. The molecule has 0 radical (unpaired) electrons. The predicted octanol–water partition coefficient (Wildman–Crippen LogP) is -3.66. The molecular weight excluding hydrogens is 814 g/mol. The molecule has 0 aromatic rings. The van der Waals surface area contributed by atoms with Crippen LogP contribution < -0.4 is 54.4 Å². The Kier molecular flexibility index (Phi) is 22.5. The molecule has 1 rings (SSSR count). The Labute approximate surface area is 361 Å². The van der Waals surface area contributed by atoms with Crippen LogP contribution in [0.15, 0.2) is 0 Å². The van der Waals surface area contributed by atoms with E-state index in [0.717, 1.165) is 0 Å². The molecule has 62 heavy (non-hydrogen) atoms. The van der Waals surface area contributed by atoms with Crippen molar-refractivity contribution in [2.75, 3.05) is 13.1 Å². The summed E-state index contributed by atoms with van der Waals surface area (Å²) in [4.78, 5) is 141. The van der Waals surface area contributed by atoms with E-state index in [-0.39, 0.29) is 50.5 Å². The molecule has 14 N–H and O–H groups in total. The van der Waals surface area contributed by atoms with Crippen LogP contribution in [0.3, 0.4) is 0 Å². The number of carbonyl (C=O) groups is 11. The fourth-order valence-electron chi connectivity index (χ4n) is 6.46. The van der Waals surface area contributed by atoms with Gasteiger partial charge in [0.25, 0.3) is 0 Å². The first-order valence-corrected chi connectivity index (χ1v) is 20.7. The Hall–Kier alpha value is -5.87. The molecule has 23 nitrogen and oxygen atoms in total. The number of aliphatic carboxylic acids is 1. The maximum atomic E-state index is 14.0. The van der Waals surface area contributed by atoms with Gasteiger partial charge in [0.15, 0.2) is 0 Å². The van der Waals surface area contributed by atoms with Gasteiger partial charge in [0.05, 0.1) is 12.5 Å². The van der Waals surface area contributed by atoms with Gasteiger partial charge in [0, 0.05) is 13.0 Å². The summed E-state index contributed by atoms with van der Waals surface area (Å²) in [5, 5.41) is 26.3. The van der Waals surface area contributed by atoms with Gasteiger partial charge >= 0.3 is 5.97 Å². The summed E-state index contributed by atoms with van der Waals surface area (Å²) >= 11 is 0. The number of primary amides is 2. The third-order valence-corrected chi connectivity index (χ3v) is 9.74. The highest BCUT2D eigenvalue weighted by Gasteiger charge is 2.40. The molecule has 0 saturated carbocycles. The zero-order chi connectivity index (χ0) is 47.6. The lowest BCUT2D eigenvalue weighted by Crippen LogP contribution is -2.60. The zero-order valence-corrected chi connectivity index (χ0v) is 36.8. The Morgan fingerprint density at radius 2 is 1.16 bits per heavy atom. The minimum absolute atomic E-state index is 0.0760. The van der Waals surface area contributed by atoms with Crippen LogP contribution in [0, 0.1) is 17.8 Å². The van der Waals surface area contributed by atoms with Gasteiger partial charge in [-0.15, -0.1) is 0 Å². The van der Waals surface area contributed by atoms with E-state index in [1.165, 1.54) is 18.7 Å². The summed E-state index contributed by atoms with van der Waals surface area (Å²) in [5.74, 6) is -9.66. The quantitative estimate of drug-likeness (QED) is 0.0400. The summed E-state index contributed by atoms with van der Waals surface area (Å²) in [7, 11) is 0. The van der Waals surface area contributed by atoms with Crippen molar-refractivity contribution in [2.45, 2.75) is 149 Å². The van der Waals surface area contributed by atoms with Crippen LogP contribution in [0.25, 0.3) is 0 Å². The van der Waals surface area contributed by atoms with Crippen LogP contribution in [0.1, 0.15) is 100 Å². The minimum atomic E-state index is -1.40. The second kappa shape index (κ2) is 25.8. The first kappa shape index (κ1) is 54.1. The Bertz CT molecular complexity index is 1660. The van der Waals surface area contributed by atoms with Gasteiger partial charge in [0.1, 0.15) is 48.8 Å². The van der Waals surface area contributed by atoms with Crippen molar-refractivity contribution in [3.05, 3.63) is 0 Å². The van der Waals surface area contributed by atoms with Gasteiger partial charge in [-0.3, -0.25) is 52.7 Å². The molecule has 0 aliphatic carbocycles. The second-order valence-electron chi connectivity index (χ2n) is 16.7. The standard InChI is InChI=1S/C39H67N11O12/c1-18(2)14-25(47-35(58)24(11-12-28(41)51)46-34(57)23(40)16-29(42)52)36(59)44-22(8)33(56)49-31(20(5)6)38(61)48-26(15-19(3)4)39(62)50-13-9-10-27(50)37(60)45-21(7)32(55)43-17-30(53)54/h18-27,31H,9-17,40H2,1-8H3,(H2,41,51)(H2,42,52)(H,43,55)(H,44,59)(H,45,60)(H,46,57)(H,47,58)(H,48,61)(H,49,56)(H,53,54)/t21-,22-,23-,24-,25-,26-,27-,31-/m0/s1. The topological polar surface area (TPSA) is 374 Å². The van der Waals surface area contributed by atoms with Gasteiger partial charge in [-0.1, -0.05) is 41.5 Å². The molecule has 0 spiro atoms. The van der Waals surface area contributed by atoms with Crippen molar-refractivity contribution < 1.29 is 57.8 Å². The third-order valence-electron chi connectivity index (χ3n) is 9.74. The highest BCUT2D eigenvalue weighted by Crippen LogP contribution is 2.21. The first-order valence-electron chi connectivity index (χ1n) is 20.7. The summed E-state index contributed by atoms with van der Waals surface area (Å²) in [6.07, 6.45) is -0.128. The number of rotatable bonds is 26. The SMILES string of the molecule is CC(C)C[C@H](NC(=O)[C@H](CCC(N)=O)NC(=O)[C@@H](N)CC(N)=O)C(=O)N[C@@H](C)C(=O)N[C@H](C(=O)N[C@@H](CC(C)C)C(=O)N1CCC[C@H]1C(=O)N[C@@H](C)C(=O)NCC(=O)O)C(C)C. The first-order chi connectivity index (χ1) is 28.7. The van der Waals surface area contributed by atoms with E-state index in [1.807, 2.05) is 13.8 Å². The maximum Gasteiger partial charge on any atom is 0.322 e. The molecule has 0 unspecified atom stereocenters. The van der Waals surface area contributed by atoms with Gasteiger partial charge in [-0.25, -0.2) is 0 Å². The van der Waals surface area contributed by atoms with Crippen LogP contribution in [-0.4, -0.2) is 136 Å². The van der Waals surface area contributed by atoms with E-state index in [1.54, 1.807) is 27.7 Å². The number of amides is 10. The Morgan fingerprint density at radius 1 is 0.629 bits per heavy atom. The largest absolute Gasteiger partial charge is 0.480 e. The maximum absolute atomic E-state index is 14.0. The van der Waals surface area contributed by atoms with Crippen LogP contribution in [0.4, 0.5) is 0 Å². The number of nitrogens with one attached hydrogen (secondary N) is 7. The number of carbonyl (C=O) groups excluding carboxylic acids is 10. The lowest BCUT2D eigenvalue weighted by atomic mass is 9.99. The van der Waals surface area contributed by atoms with Crippen LogP contribution >= 0.6 is 0 Å². The van der Waals surface area contributed by atoms with E-state index < -0.39 is 132 Å². The average molecular weight is 882 g/mol. The lowest BCUT2D eigenvalue weighted by Gasteiger charge is -2.32. The van der Waals surface area contributed by atoms with E-state index in [4.69, 9.17) is 22.3 Å². The Morgan fingerprint density at radius 3 is 1.69 bits per heavy atom. The lowest BCUT2D eigenvalue weighted by molar-refractivity contribution is -0.143. The molecule has 8 atom stereocenters. The number of nitrogens with two attached hydrogens (primary N) is 3. The highest BCUT2D eigenvalue weighted by molar-refractivity contribution is 5.98. The molecule has 1 heterocycles.